The number of halogens is 2. The molecule has 1 aromatic heterocycles. The first-order valence-corrected chi connectivity index (χ1v) is 7.34. The summed E-state index contributed by atoms with van der Waals surface area (Å²) in [4.78, 5) is 14.5. The highest BCUT2D eigenvalue weighted by Crippen LogP contribution is 2.25. The first-order valence-electron chi connectivity index (χ1n) is 7.34. The van der Waals surface area contributed by atoms with E-state index in [1.165, 1.54) is 30.5 Å². The first-order chi connectivity index (χ1) is 12.0. The fourth-order valence-electron chi connectivity index (χ4n) is 2.53. The van der Waals surface area contributed by atoms with Crippen LogP contribution in [0.3, 0.4) is 0 Å². The van der Waals surface area contributed by atoms with Gasteiger partial charge in [-0.3, -0.25) is 10.1 Å². The lowest BCUT2D eigenvalue weighted by Gasteiger charge is -2.15. The number of imidazole rings is 1. The summed E-state index contributed by atoms with van der Waals surface area (Å²) in [5, 5.41) is 21.2. The standard InChI is InChI=1S/C17H13F2N3O3/c18-12-4-5-14(15(19)9-12)16(23)10-21-7-6-20-17(21)11-2-1-3-13(8-11)22(24)25/h1-9,16,23H,10H2/t16-/m1/s1. The van der Waals surface area contributed by atoms with Crippen LogP contribution in [0.25, 0.3) is 11.4 Å². The number of nitro groups is 1. The van der Waals surface area contributed by atoms with Crippen LogP contribution >= 0.6 is 0 Å². The first kappa shape index (κ1) is 16.7. The van der Waals surface area contributed by atoms with Crippen molar-refractivity contribution in [2.45, 2.75) is 12.6 Å². The van der Waals surface area contributed by atoms with Crippen molar-refractivity contribution in [3.63, 3.8) is 0 Å². The second kappa shape index (κ2) is 6.78. The summed E-state index contributed by atoms with van der Waals surface area (Å²) >= 11 is 0. The summed E-state index contributed by atoms with van der Waals surface area (Å²) < 4.78 is 28.3. The van der Waals surface area contributed by atoms with Crippen LogP contribution in [0.5, 0.6) is 0 Å². The van der Waals surface area contributed by atoms with Crippen LogP contribution in [0.2, 0.25) is 0 Å². The fourth-order valence-corrected chi connectivity index (χ4v) is 2.53. The van der Waals surface area contributed by atoms with Crippen molar-refractivity contribution in [3.8, 4) is 11.4 Å². The Kier molecular flexibility index (Phi) is 4.53. The van der Waals surface area contributed by atoms with Crippen LogP contribution in [0.1, 0.15) is 11.7 Å². The number of benzene rings is 2. The molecule has 0 aliphatic rings. The van der Waals surface area contributed by atoms with Crippen LogP contribution in [0.15, 0.2) is 54.9 Å². The monoisotopic (exact) mass is 345 g/mol. The van der Waals surface area contributed by atoms with E-state index in [0.717, 1.165) is 6.07 Å². The number of aromatic nitrogens is 2. The molecule has 1 atom stereocenters. The molecule has 0 aliphatic heterocycles. The van der Waals surface area contributed by atoms with Gasteiger partial charge in [-0.25, -0.2) is 13.8 Å². The smallest absolute Gasteiger partial charge is 0.270 e. The van der Waals surface area contributed by atoms with Crippen LogP contribution in [0, 0.1) is 21.7 Å². The van der Waals surface area contributed by atoms with Gasteiger partial charge in [0.15, 0.2) is 0 Å². The second-order valence-electron chi connectivity index (χ2n) is 5.39. The number of aliphatic hydroxyl groups excluding tert-OH is 1. The van der Waals surface area contributed by atoms with E-state index in [1.54, 1.807) is 16.8 Å². The van der Waals surface area contributed by atoms with Gasteiger partial charge in [-0.05, 0) is 6.07 Å². The van der Waals surface area contributed by atoms with Crippen LogP contribution in [-0.2, 0) is 6.54 Å². The number of nitro benzene ring substituents is 1. The Morgan fingerprint density at radius 1 is 1.24 bits per heavy atom. The zero-order chi connectivity index (χ0) is 18.0. The Bertz CT molecular complexity index is 927. The molecule has 3 rings (SSSR count). The number of aliphatic hydroxyl groups is 1. The lowest BCUT2D eigenvalue weighted by molar-refractivity contribution is -0.384. The molecule has 0 fully saturated rings. The number of hydrogen-bond acceptors (Lipinski definition) is 4. The van der Waals surface area contributed by atoms with Gasteiger partial charge in [-0.15, -0.1) is 0 Å². The quantitative estimate of drug-likeness (QED) is 0.567. The van der Waals surface area contributed by atoms with Crippen molar-refractivity contribution in [1.82, 2.24) is 9.55 Å². The highest BCUT2D eigenvalue weighted by molar-refractivity contribution is 5.59. The molecule has 0 aliphatic carbocycles. The van der Waals surface area contributed by atoms with Gasteiger partial charge >= 0.3 is 0 Å². The molecule has 0 saturated carbocycles. The fraction of sp³-hybridized carbons (Fsp3) is 0.118. The van der Waals surface area contributed by atoms with Gasteiger partial charge < -0.3 is 9.67 Å². The highest BCUT2D eigenvalue weighted by Gasteiger charge is 2.17. The maximum atomic E-state index is 13.8. The molecular formula is C17H13F2N3O3. The Labute approximate surface area is 141 Å². The van der Waals surface area contributed by atoms with Crippen LogP contribution < -0.4 is 0 Å². The van der Waals surface area contributed by atoms with Gasteiger partial charge in [-0.2, -0.15) is 0 Å². The molecule has 0 amide bonds. The van der Waals surface area contributed by atoms with Gasteiger partial charge in [0.25, 0.3) is 5.69 Å². The van der Waals surface area contributed by atoms with Crippen molar-refractivity contribution < 1.29 is 18.8 Å². The molecule has 0 bridgehead atoms. The van der Waals surface area contributed by atoms with Crippen molar-refractivity contribution in [1.29, 1.82) is 0 Å². The minimum Gasteiger partial charge on any atom is -0.386 e. The summed E-state index contributed by atoms with van der Waals surface area (Å²) in [5.74, 6) is -1.18. The number of nitrogens with zero attached hydrogens (tertiary/aromatic N) is 3. The van der Waals surface area contributed by atoms with Crippen molar-refractivity contribution >= 4 is 5.69 Å². The van der Waals surface area contributed by atoms with Crippen LogP contribution in [0.4, 0.5) is 14.5 Å². The molecule has 0 unspecified atom stereocenters. The average Bonchev–Trinajstić information content (AvgIpc) is 3.02. The van der Waals surface area contributed by atoms with Gasteiger partial charge in [-0.1, -0.05) is 18.2 Å². The highest BCUT2D eigenvalue weighted by atomic mass is 19.1. The topological polar surface area (TPSA) is 81.2 Å². The minimum absolute atomic E-state index is 0.0411. The van der Waals surface area contributed by atoms with E-state index in [2.05, 4.69) is 4.98 Å². The summed E-state index contributed by atoms with van der Waals surface area (Å²) in [6.07, 6.45) is 1.81. The van der Waals surface area contributed by atoms with E-state index in [1.807, 2.05) is 0 Å². The Hall–Kier alpha value is -3.13. The Morgan fingerprint density at radius 3 is 2.76 bits per heavy atom. The normalized spacial score (nSPS) is 12.1. The molecule has 1 N–H and O–H groups in total. The molecule has 8 heteroatoms. The lowest BCUT2D eigenvalue weighted by Crippen LogP contribution is -2.11. The van der Waals surface area contributed by atoms with Gasteiger partial charge in [0, 0.05) is 41.7 Å². The van der Waals surface area contributed by atoms with Crippen molar-refractivity contribution in [2.24, 2.45) is 0 Å². The summed E-state index contributed by atoms with van der Waals surface area (Å²) in [5.41, 5.74) is 0.364. The molecule has 128 valence electrons. The molecule has 1 heterocycles. The number of non-ortho nitro benzene ring substituents is 1. The molecule has 3 aromatic rings. The van der Waals surface area contributed by atoms with Crippen molar-refractivity contribution in [2.75, 3.05) is 0 Å². The zero-order valence-corrected chi connectivity index (χ0v) is 12.8. The van der Waals surface area contributed by atoms with Gasteiger partial charge in [0.2, 0.25) is 0 Å². The molecule has 6 nitrogen and oxygen atoms in total. The van der Waals surface area contributed by atoms with Gasteiger partial charge in [0.1, 0.15) is 17.5 Å². The van der Waals surface area contributed by atoms with E-state index in [0.29, 0.717) is 17.5 Å². The molecule has 0 saturated heterocycles. The predicted molar refractivity (Wildman–Crippen MR) is 85.6 cm³/mol. The van der Waals surface area contributed by atoms with Crippen molar-refractivity contribution in [3.05, 3.63) is 82.2 Å². The number of hydrogen-bond donors (Lipinski definition) is 1. The average molecular weight is 345 g/mol. The maximum absolute atomic E-state index is 13.8. The van der Waals surface area contributed by atoms with E-state index in [-0.39, 0.29) is 17.8 Å². The Balaban J connectivity index is 1.89. The third kappa shape index (κ3) is 3.53. The molecule has 25 heavy (non-hydrogen) atoms. The van der Waals surface area contributed by atoms with Gasteiger partial charge in [0.05, 0.1) is 17.6 Å². The van der Waals surface area contributed by atoms with E-state index < -0.39 is 22.7 Å². The molecule has 2 aromatic carbocycles. The third-order valence-corrected chi connectivity index (χ3v) is 3.72. The Morgan fingerprint density at radius 2 is 2.04 bits per heavy atom. The molecule has 0 spiro atoms. The lowest BCUT2D eigenvalue weighted by atomic mass is 10.1. The van der Waals surface area contributed by atoms with E-state index in [9.17, 15) is 24.0 Å². The van der Waals surface area contributed by atoms with E-state index >= 15 is 0 Å². The third-order valence-electron chi connectivity index (χ3n) is 3.72. The molecule has 0 radical (unpaired) electrons. The summed E-state index contributed by atoms with van der Waals surface area (Å²) in [6, 6.07) is 8.85. The van der Waals surface area contributed by atoms with Crippen LogP contribution in [-0.4, -0.2) is 19.6 Å². The molecular weight excluding hydrogens is 332 g/mol. The number of rotatable bonds is 5. The van der Waals surface area contributed by atoms with E-state index in [4.69, 9.17) is 0 Å². The minimum atomic E-state index is -1.23. The summed E-state index contributed by atoms with van der Waals surface area (Å²) in [6.45, 7) is -0.0411. The SMILES string of the molecule is O=[N+]([O-])c1cccc(-c2nccn2C[C@@H](O)c2ccc(F)cc2F)c1. The predicted octanol–water partition coefficient (Wildman–Crippen LogP) is 3.47. The largest absolute Gasteiger partial charge is 0.386 e. The summed E-state index contributed by atoms with van der Waals surface area (Å²) in [7, 11) is 0. The zero-order valence-electron chi connectivity index (χ0n) is 12.8. The second-order valence-corrected chi connectivity index (χ2v) is 5.39. The maximum Gasteiger partial charge on any atom is 0.270 e.